The van der Waals surface area contributed by atoms with Crippen molar-refractivity contribution in [1.29, 1.82) is 0 Å². The SMILES string of the molecule is CCOc1cncc(-c2cnc(C(=O)NC(CCN(CC)C3CC3)c3cc(NS(=O)(=O)C4CC4)ccn3)s2)n1. The summed E-state index contributed by atoms with van der Waals surface area (Å²) >= 11 is 1.22. The number of carbonyl (C=O) groups excluding carboxylic acids is 1. The normalized spacial score (nSPS) is 16.2. The van der Waals surface area contributed by atoms with Crippen molar-refractivity contribution < 1.29 is 17.9 Å². The molecule has 3 aromatic heterocycles. The average Bonchev–Trinajstić information content (AvgIpc) is 3.86. The van der Waals surface area contributed by atoms with Crippen LogP contribution < -0.4 is 14.8 Å². The van der Waals surface area contributed by atoms with Crippen molar-refractivity contribution in [2.75, 3.05) is 24.4 Å². The highest BCUT2D eigenvalue weighted by Crippen LogP contribution is 2.31. The Morgan fingerprint density at radius 3 is 2.72 bits per heavy atom. The van der Waals surface area contributed by atoms with Crippen LogP contribution >= 0.6 is 11.3 Å². The minimum atomic E-state index is -3.41. The second kappa shape index (κ2) is 11.9. The van der Waals surface area contributed by atoms with E-state index >= 15 is 0 Å². The van der Waals surface area contributed by atoms with Gasteiger partial charge in [-0.1, -0.05) is 6.92 Å². The number of nitrogens with one attached hydrogen (secondary N) is 2. The van der Waals surface area contributed by atoms with Gasteiger partial charge in [-0.25, -0.2) is 18.4 Å². The first kappa shape index (κ1) is 27.4. The Morgan fingerprint density at radius 2 is 2.00 bits per heavy atom. The first-order valence-electron chi connectivity index (χ1n) is 13.3. The van der Waals surface area contributed by atoms with Crippen LogP contribution in [0.3, 0.4) is 0 Å². The van der Waals surface area contributed by atoms with E-state index in [-0.39, 0.29) is 11.2 Å². The molecule has 13 heteroatoms. The van der Waals surface area contributed by atoms with Crippen LogP contribution in [0.15, 0.2) is 36.9 Å². The number of rotatable bonds is 14. The lowest BCUT2D eigenvalue weighted by Crippen LogP contribution is -2.34. The van der Waals surface area contributed by atoms with Gasteiger partial charge < -0.3 is 15.0 Å². The average molecular weight is 572 g/mol. The van der Waals surface area contributed by atoms with Gasteiger partial charge in [0.25, 0.3) is 5.91 Å². The zero-order chi connectivity index (χ0) is 27.4. The van der Waals surface area contributed by atoms with Gasteiger partial charge in [-0.15, -0.1) is 11.3 Å². The molecule has 0 aromatic carbocycles. The minimum Gasteiger partial charge on any atom is -0.477 e. The molecule has 0 radical (unpaired) electrons. The van der Waals surface area contributed by atoms with Crippen LogP contribution in [-0.2, 0) is 10.0 Å². The molecule has 0 spiro atoms. The fourth-order valence-electron chi connectivity index (χ4n) is 4.36. The molecule has 1 atom stereocenters. The number of hydrogen-bond acceptors (Lipinski definition) is 10. The number of thiazole rings is 1. The molecule has 1 amide bonds. The van der Waals surface area contributed by atoms with Crippen molar-refractivity contribution in [3.8, 4) is 16.5 Å². The van der Waals surface area contributed by atoms with Gasteiger partial charge in [0.05, 0.1) is 46.6 Å². The summed E-state index contributed by atoms with van der Waals surface area (Å²) in [5.41, 5.74) is 1.62. The summed E-state index contributed by atoms with van der Waals surface area (Å²) in [7, 11) is -3.41. The van der Waals surface area contributed by atoms with Crippen molar-refractivity contribution in [2.45, 2.75) is 63.3 Å². The third-order valence-corrected chi connectivity index (χ3v) is 9.59. The number of anilines is 1. The second-order valence-electron chi connectivity index (χ2n) is 9.70. The molecule has 2 N–H and O–H groups in total. The lowest BCUT2D eigenvalue weighted by atomic mass is 10.1. The van der Waals surface area contributed by atoms with E-state index in [0.717, 1.165) is 13.1 Å². The molecule has 0 aliphatic heterocycles. The van der Waals surface area contributed by atoms with Crippen molar-refractivity contribution in [2.24, 2.45) is 0 Å². The predicted octanol–water partition coefficient (Wildman–Crippen LogP) is 3.64. The van der Waals surface area contributed by atoms with Gasteiger partial charge in [0.15, 0.2) is 5.01 Å². The summed E-state index contributed by atoms with van der Waals surface area (Å²) in [5.74, 6) is 0.0827. The molecule has 3 aromatic rings. The molecule has 0 saturated heterocycles. The second-order valence-corrected chi connectivity index (χ2v) is 12.7. The quantitative estimate of drug-likeness (QED) is 0.297. The van der Waals surface area contributed by atoms with E-state index < -0.39 is 16.1 Å². The molecule has 2 aliphatic rings. The Bertz CT molecular complexity index is 1410. The third kappa shape index (κ3) is 7.08. The highest BCUT2D eigenvalue weighted by Gasteiger charge is 2.36. The maximum absolute atomic E-state index is 13.3. The Hall–Kier alpha value is -3.16. The largest absolute Gasteiger partial charge is 0.477 e. The monoisotopic (exact) mass is 571 g/mol. The van der Waals surface area contributed by atoms with E-state index in [1.165, 1.54) is 24.2 Å². The molecule has 5 rings (SSSR count). The minimum absolute atomic E-state index is 0.291. The van der Waals surface area contributed by atoms with E-state index in [1.54, 1.807) is 36.9 Å². The van der Waals surface area contributed by atoms with Gasteiger partial charge in [-0.05, 0) is 57.7 Å². The van der Waals surface area contributed by atoms with Gasteiger partial charge in [0.1, 0.15) is 5.69 Å². The van der Waals surface area contributed by atoms with Crippen LogP contribution in [0.5, 0.6) is 5.88 Å². The first-order chi connectivity index (χ1) is 18.9. The molecule has 1 unspecified atom stereocenters. The summed E-state index contributed by atoms with van der Waals surface area (Å²) in [4.78, 5) is 33.9. The lowest BCUT2D eigenvalue weighted by Gasteiger charge is -2.24. The van der Waals surface area contributed by atoms with E-state index in [9.17, 15) is 13.2 Å². The van der Waals surface area contributed by atoms with Crippen LogP contribution in [0.1, 0.15) is 67.5 Å². The zero-order valence-electron chi connectivity index (χ0n) is 22.0. The predicted molar refractivity (Wildman–Crippen MR) is 149 cm³/mol. The molecule has 39 heavy (non-hydrogen) atoms. The summed E-state index contributed by atoms with van der Waals surface area (Å²) in [5, 5.41) is 3.05. The molecule has 2 saturated carbocycles. The first-order valence-corrected chi connectivity index (χ1v) is 15.7. The van der Waals surface area contributed by atoms with E-state index in [4.69, 9.17) is 4.74 Å². The van der Waals surface area contributed by atoms with Crippen molar-refractivity contribution in [1.82, 2.24) is 30.2 Å². The van der Waals surface area contributed by atoms with E-state index in [1.807, 2.05) is 6.92 Å². The lowest BCUT2D eigenvalue weighted by molar-refractivity contribution is 0.0929. The number of ether oxygens (including phenoxy) is 1. The van der Waals surface area contributed by atoms with Crippen LogP contribution in [0, 0.1) is 0 Å². The molecule has 3 heterocycles. The van der Waals surface area contributed by atoms with E-state index in [2.05, 4.69) is 41.8 Å². The Balaban J connectivity index is 1.34. The Morgan fingerprint density at radius 1 is 1.18 bits per heavy atom. The fraction of sp³-hybridized carbons (Fsp3) is 0.500. The molecular formula is C26H33N7O4S2. The highest BCUT2D eigenvalue weighted by molar-refractivity contribution is 7.93. The van der Waals surface area contributed by atoms with Gasteiger partial charge in [-0.3, -0.25) is 19.5 Å². The molecule has 2 aliphatic carbocycles. The van der Waals surface area contributed by atoms with Crippen molar-refractivity contribution in [3.63, 3.8) is 0 Å². The summed E-state index contributed by atoms with van der Waals surface area (Å²) in [6.45, 7) is 6.20. The number of aromatic nitrogens is 4. The Labute approximate surface area is 232 Å². The number of hydrogen-bond donors (Lipinski definition) is 2. The summed E-state index contributed by atoms with van der Waals surface area (Å²) in [6.07, 6.45) is 10.7. The van der Waals surface area contributed by atoms with Gasteiger partial charge in [0, 0.05) is 25.0 Å². The highest BCUT2D eigenvalue weighted by atomic mass is 32.2. The maximum atomic E-state index is 13.3. The number of nitrogens with zero attached hydrogens (tertiary/aromatic N) is 5. The number of amides is 1. The number of pyridine rings is 1. The summed E-state index contributed by atoms with van der Waals surface area (Å²) < 4.78 is 33.1. The standard InChI is InChI=1S/C26H33N7O4S2/c1-3-33(18-5-6-18)12-10-20(21-13-17(9-11-28-21)32-39(35,36)19-7-8-19)31-25(34)26-29-15-23(38-26)22-14-27-16-24(30-22)37-4-2/h9,11,13-16,18-20H,3-8,10,12H2,1-2H3,(H,28,32)(H,31,34). The van der Waals surface area contributed by atoms with Gasteiger partial charge in [0.2, 0.25) is 15.9 Å². The molecule has 0 bridgehead atoms. The van der Waals surface area contributed by atoms with Crippen LogP contribution in [0.4, 0.5) is 5.69 Å². The molecular weight excluding hydrogens is 538 g/mol. The van der Waals surface area contributed by atoms with Crippen molar-refractivity contribution >= 4 is 33.0 Å². The molecule has 2 fully saturated rings. The van der Waals surface area contributed by atoms with E-state index in [0.29, 0.717) is 64.8 Å². The number of sulfonamides is 1. The topological polar surface area (TPSA) is 139 Å². The van der Waals surface area contributed by atoms with Crippen LogP contribution in [0.2, 0.25) is 0 Å². The van der Waals surface area contributed by atoms with Gasteiger partial charge in [-0.2, -0.15) is 0 Å². The number of carbonyl (C=O) groups is 1. The smallest absolute Gasteiger partial charge is 0.280 e. The molecule has 11 nitrogen and oxygen atoms in total. The molecule has 208 valence electrons. The van der Waals surface area contributed by atoms with Crippen molar-refractivity contribution in [3.05, 3.63) is 47.6 Å². The third-order valence-electron chi connectivity index (χ3n) is 6.70. The van der Waals surface area contributed by atoms with Crippen LogP contribution in [-0.4, -0.2) is 70.1 Å². The summed E-state index contributed by atoms with van der Waals surface area (Å²) in [6, 6.07) is 3.51. The van der Waals surface area contributed by atoms with Gasteiger partial charge >= 0.3 is 0 Å². The van der Waals surface area contributed by atoms with Crippen LogP contribution in [0.25, 0.3) is 10.6 Å². The Kier molecular flexibility index (Phi) is 8.38. The zero-order valence-corrected chi connectivity index (χ0v) is 23.7. The fourth-order valence-corrected chi connectivity index (χ4v) is 6.51. The maximum Gasteiger partial charge on any atom is 0.280 e.